The molecule has 1 N–H and O–H groups in total. The number of furan rings is 1. The number of carbonyl (C=O) groups is 3. The summed E-state index contributed by atoms with van der Waals surface area (Å²) in [6, 6.07) is 7.43. The minimum Gasteiger partial charge on any atom is -0.494 e. The molecule has 182 valence electrons. The lowest BCUT2D eigenvalue weighted by Crippen LogP contribution is -2.46. The first kappa shape index (κ1) is 22.1. The Hall–Kier alpha value is -4.34. The molecule has 0 spiro atoms. The van der Waals surface area contributed by atoms with Gasteiger partial charge in [-0.05, 0) is 23.8 Å². The van der Waals surface area contributed by atoms with Crippen molar-refractivity contribution in [2.24, 2.45) is 4.99 Å². The number of methoxy groups -OCH3 is 1. The van der Waals surface area contributed by atoms with Gasteiger partial charge in [-0.1, -0.05) is 12.1 Å². The molecule has 6 rings (SSSR count). The molecule has 0 radical (unpaired) electrons. The topological polar surface area (TPSA) is 101 Å². The molecule has 0 saturated carbocycles. The molecular weight excluding hydrogens is 472 g/mol. The zero-order valence-corrected chi connectivity index (χ0v) is 19.1. The molecular formula is C26H19F2N3O5. The van der Waals surface area contributed by atoms with E-state index in [2.05, 4.69) is 10.3 Å². The highest BCUT2D eigenvalue weighted by Crippen LogP contribution is 2.40. The molecule has 0 aliphatic carbocycles. The Balaban J connectivity index is 1.41. The molecule has 2 aromatic carbocycles. The van der Waals surface area contributed by atoms with Crippen molar-refractivity contribution in [2.45, 2.75) is 18.4 Å². The molecule has 36 heavy (non-hydrogen) atoms. The van der Waals surface area contributed by atoms with E-state index in [0.29, 0.717) is 28.6 Å². The number of imide groups is 1. The quantitative estimate of drug-likeness (QED) is 0.553. The van der Waals surface area contributed by atoms with Gasteiger partial charge in [0.05, 0.1) is 25.6 Å². The number of halogens is 2. The van der Waals surface area contributed by atoms with E-state index in [1.54, 1.807) is 30.5 Å². The largest absolute Gasteiger partial charge is 0.494 e. The van der Waals surface area contributed by atoms with Crippen LogP contribution in [0.3, 0.4) is 0 Å². The van der Waals surface area contributed by atoms with Gasteiger partial charge in [0, 0.05) is 41.9 Å². The lowest BCUT2D eigenvalue weighted by atomic mass is 9.82. The van der Waals surface area contributed by atoms with Crippen molar-refractivity contribution >= 4 is 40.5 Å². The Morgan fingerprint density at radius 1 is 1.19 bits per heavy atom. The van der Waals surface area contributed by atoms with Crippen LogP contribution < -0.4 is 10.1 Å². The molecule has 0 unspecified atom stereocenters. The van der Waals surface area contributed by atoms with E-state index in [-0.39, 0.29) is 42.2 Å². The second-order valence-electron chi connectivity index (χ2n) is 9.05. The van der Waals surface area contributed by atoms with E-state index in [1.165, 1.54) is 24.1 Å². The molecule has 3 amide bonds. The van der Waals surface area contributed by atoms with Crippen molar-refractivity contribution in [1.82, 2.24) is 10.2 Å². The number of benzene rings is 2. The molecule has 3 aliphatic rings. The van der Waals surface area contributed by atoms with Crippen LogP contribution in [0.4, 0.5) is 8.78 Å². The minimum absolute atomic E-state index is 0.0464. The number of hydrogen-bond donors (Lipinski definition) is 1. The van der Waals surface area contributed by atoms with E-state index in [1.807, 2.05) is 0 Å². The average molecular weight is 491 g/mol. The van der Waals surface area contributed by atoms with Gasteiger partial charge in [-0.25, -0.2) is 8.78 Å². The molecule has 10 heteroatoms. The van der Waals surface area contributed by atoms with Gasteiger partial charge in [0.15, 0.2) is 11.6 Å². The molecule has 3 aromatic rings. The summed E-state index contributed by atoms with van der Waals surface area (Å²) in [6.07, 6.45) is 3.10. The number of fused-ring (bicyclic) bond motifs is 2. The highest BCUT2D eigenvalue weighted by molar-refractivity contribution is 6.13. The Morgan fingerprint density at radius 3 is 2.72 bits per heavy atom. The zero-order valence-electron chi connectivity index (χ0n) is 19.1. The second kappa shape index (κ2) is 7.84. The smallest absolute Gasteiger partial charge is 0.257 e. The summed E-state index contributed by atoms with van der Waals surface area (Å²) in [5, 5.41) is 2.82. The van der Waals surface area contributed by atoms with E-state index in [0.717, 1.165) is 0 Å². The van der Waals surface area contributed by atoms with Crippen LogP contribution in [0.15, 0.2) is 45.8 Å². The number of aliphatic imine (C=N–C) groups is 1. The Bertz CT molecular complexity index is 1560. The number of carbonyl (C=O) groups excluding carboxylic acids is 3. The first-order valence-electron chi connectivity index (χ1n) is 11.2. The summed E-state index contributed by atoms with van der Waals surface area (Å²) in [7, 11) is 1.30. The normalized spacial score (nSPS) is 20.9. The lowest BCUT2D eigenvalue weighted by molar-refractivity contribution is -0.127. The predicted molar refractivity (Wildman–Crippen MR) is 125 cm³/mol. The number of nitrogens with zero attached hydrogens (tertiary/aromatic N) is 2. The van der Waals surface area contributed by atoms with Crippen LogP contribution in [0.1, 0.15) is 33.7 Å². The van der Waals surface area contributed by atoms with Crippen molar-refractivity contribution in [2.75, 3.05) is 20.2 Å². The number of rotatable bonds is 5. The van der Waals surface area contributed by atoms with Crippen LogP contribution in [0.2, 0.25) is 0 Å². The van der Waals surface area contributed by atoms with Crippen molar-refractivity contribution in [1.29, 1.82) is 0 Å². The van der Waals surface area contributed by atoms with E-state index >= 15 is 0 Å². The van der Waals surface area contributed by atoms with Crippen LogP contribution in [0, 0.1) is 11.6 Å². The number of ether oxygens (including phenoxy) is 1. The summed E-state index contributed by atoms with van der Waals surface area (Å²) in [6.45, 7) is 0.283. The molecule has 3 aliphatic heterocycles. The summed E-state index contributed by atoms with van der Waals surface area (Å²) in [5.41, 5.74) is -0.0672. The third-order valence-corrected chi connectivity index (χ3v) is 6.92. The van der Waals surface area contributed by atoms with E-state index < -0.39 is 34.8 Å². The molecule has 1 fully saturated rings. The van der Waals surface area contributed by atoms with E-state index in [4.69, 9.17) is 9.15 Å². The fourth-order valence-corrected chi connectivity index (χ4v) is 5.11. The van der Waals surface area contributed by atoms with Gasteiger partial charge in [0.1, 0.15) is 22.6 Å². The third-order valence-electron chi connectivity index (χ3n) is 6.92. The Morgan fingerprint density at radius 2 is 2.03 bits per heavy atom. The zero-order chi connectivity index (χ0) is 25.2. The van der Waals surface area contributed by atoms with Gasteiger partial charge in [-0.3, -0.25) is 24.7 Å². The highest BCUT2D eigenvalue weighted by atomic mass is 19.1. The van der Waals surface area contributed by atoms with Crippen LogP contribution in [0.5, 0.6) is 5.75 Å². The average Bonchev–Trinajstić information content (AvgIpc) is 3.61. The lowest BCUT2D eigenvalue weighted by Gasteiger charge is -2.28. The first-order chi connectivity index (χ1) is 17.3. The van der Waals surface area contributed by atoms with Gasteiger partial charge in [-0.2, -0.15) is 0 Å². The van der Waals surface area contributed by atoms with Crippen molar-refractivity contribution in [3.05, 3.63) is 70.5 Å². The maximum Gasteiger partial charge on any atom is 0.257 e. The SMILES string of the molecule is COc1ccc2c(c1F)C(=O)N(C[C@@]1(c3cc4cc(C5=CCN=C5)c(F)cc4o3)CC(=O)NC1=O)C2. The maximum absolute atomic E-state index is 14.8. The molecule has 8 nitrogen and oxygen atoms in total. The monoisotopic (exact) mass is 491 g/mol. The maximum atomic E-state index is 14.8. The minimum atomic E-state index is -1.56. The standard InChI is InChI=1S/C26H19F2N3O5/c1-35-18-3-2-14-11-31(24(33)22(14)23(18)28)12-26(9-21(32)30-25(26)34)20-7-15-6-16(13-4-5-29-10-13)17(27)8-19(15)36-20/h2-4,6-8,10H,5,9,11-12H2,1H3,(H,30,32,34)/t26-/m1/s1. The van der Waals surface area contributed by atoms with Gasteiger partial charge < -0.3 is 14.1 Å². The van der Waals surface area contributed by atoms with Crippen LogP contribution in [0.25, 0.3) is 16.5 Å². The van der Waals surface area contributed by atoms with Crippen LogP contribution in [-0.2, 0) is 21.5 Å². The number of hydrogen-bond acceptors (Lipinski definition) is 6. The number of nitrogens with one attached hydrogen (secondary N) is 1. The van der Waals surface area contributed by atoms with Gasteiger partial charge in [-0.15, -0.1) is 0 Å². The van der Waals surface area contributed by atoms with Crippen LogP contribution >= 0.6 is 0 Å². The molecule has 4 heterocycles. The van der Waals surface area contributed by atoms with Gasteiger partial charge >= 0.3 is 0 Å². The van der Waals surface area contributed by atoms with Crippen molar-refractivity contribution in [3.8, 4) is 5.75 Å². The fraction of sp³-hybridized carbons (Fsp3) is 0.231. The third kappa shape index (κ3) is 3.17. The Labute approximate surface area is 203 Å². The van der Waals surface area contributed by atoms with E-state index in [9.17, 15) is 23.2 Å². The summed E-state index contributed by atoms with van der Waals surface area (Å²) < 4.78 is 40.6. The van der Waals surface area contributed by atoms with Gasteiger partial charge in [0.2, 0.25) is 11.8 Å². The molecule has 1 aromatic heterocycles. The summed E-state index contributed by atoms with van der Waals surface area (Å²) in [4.78, 5) is 44.0. The molecule has 1 saturated heterocycles. The molecule has 0 bridgehead atoms. The van der Waals surface area contributed by atoms with Crippen molar-refractivity contribution < 1.29 is 32.3 Å². The molecule has 1 atom stereocenters. The number of allylic oxidation sites excluding steroid dienone is 1. The summed E-state index contributed by atoms with van der Waals surface area (Å²) in [5.74, 6) is -3.03. The van der Waals surface area contributed by atoms with Crippen LogP contribution in [-0.4, -0.2) is 49.0 Å². The first-order valence-corrected chi connectivity index (χ1v) is 11.2. The summed E-state index contributed by atoms with van der Waals surface area (Å²) >= 11 is 0. The van der Waals surface area contributed by atoms with Crippen molar-refractivity contribution in [3.63, 3.8) is 0 Å². The number of amides is 3. The predicted octanol–water partition coefficient (Wildman–Crippen LogP) is 3.13. The highest BCUT2D eigenvalue weighted by Gasteiger charge is 2.53. The van der Waals surface area contributed by atoms with Gasteiger partial charge in [0.25, 0.3) is 5.91 Å². The second-order valence-corrected chi connectivity index (χ2v) is 9.05. The fourth-order valence-electron chi connectivity index (χ4n) is 5.11. The Kier molecular flexibility index (Phi) is 4.82.